The molecule has 20 heavy (non-hydrogen) atoms. The van der Waals surface area contributed by atoms with Gasteiger partial charge < -0.3 is 20.1 Å². The van der Waals surface area contributed by atoms with Crippen molar-refractivity contribution in [3.05, 3.63) is 0 Å². The van der Waals surface area contributed by atoms with E-state index in [-0.39, 0.29) is 18.4 Å². The van der Waals surface area contributed by atoms with Crippen molar-refractivity contribution >= 4 is 11.9 Å². The van der Waals surface area contributed by atoms with Gasteiger partial charge in [0.1, 0.15) is 0 Å². The van der Waals surface area contributed by atoms with Gasteiger partial charge in [0, 0.05) is 13.0 Å². The molecule has 2 saturated heterocycles. The van der Waals surface area contributed by atoms with Crippen LogP contribution in [0, 0.1) is 5.92 Å². The van der Waals surface area contributed by atoms with Crippen LogP contribution in [0.1, 0.15) is 32.1 Å². The minimum absolute atomic E-state index is 0.0310. The molecule has 6 heteroatoms. The van der Waals surface area contributed by atoms with Gasteiger partial charge in [-0.05, 0) is 38.3 Å². The highest BCUT2D eigenvalue weighted by molar-refractivity contribution is 5.77. The molecule has 2 aliphatic heterocycles. The Morgan fingerprint density at radius 3 is 2.95 bits per heavy atom. The second-order valence-corrected chi connectivity index (χ2v) is 5.66. The Labute approximate surface area is 119 Å². The highest BCUT2D eigenvalue weighted by Crippen LogP contribution is 2.19. The van der Waals surface area contributed by atoms with Crippen molar-refractivity contribution in [1.82, 2.24) is 10.2 Å². The fourth-order valence-electron chi connectivity index (χ4n) is 3.00. The van der Waals surface area contributed by atoms with Gasteiger partial charge in [-0.15, -0.1) is 0 Å². The molecule has 0 aromatic rings. The third kappa shape index (κ3) is 4.45. The number of nitrogens with zero attached hydrogens (tertiary/aromatic N) is 1. The first kappa shape index (κ1) is 15.3. The molecular weight excluding hydrogens is 260 g/mol. The van der Waals surface area contributed by atoms with Crippen LogP contribution >= 0.6 is 0 Å². The predicted molar refractivity (Wildman–Crippen MR) is 73.4 cm³/mol. The summed E-state index contributed by atoms with van der Waals surface area (Å²) in [6.45, 7) is 3.43. The maximum atomic E-state index is 12.3. The topological polar surface area (TPSA) is 78.9 Å². The summed E-state index contributed by atoms with van der Waals surface area (Å²) in [5.41, 5.74) is 0. The van der Waals surface area contributed by atoms with E-state index in [2.05, 4.69) is 5.32 Å². The van der Waals surface area contributed by atoms with Crippen molar-refractivity contribution < 1.29 is 19.4 Å². The van der Waals surface area contributed by atoms with E-state index >= 15 is 0 Å². The zero-order valence-corrected chi connectivity index (χ0v) is 11.8. The normalized spacial score (nSPS) is 27.3. The van der Waals surface area contributed by atoms with E-state index < -0.39 is 5.97 Å². The molecule has 2 atom stereocenters. The molecule has 0 spiro atoms. The first-order valence-corrected chi connectivity index (χ1v) is 7.46. The summed E-state index contributed by atoms with van der Waals surface area (Å²) in [6, 6.07) is -0.307. The number of carbonyl (C=O) groups is 2. The van der Waals surface area contributed by atoms with E-state index in [0.717, 1.165) is 19.5 Å². The van der Waals surface area contributed by atoms with Crippen LogP contribution in [0.15, 0.2) is 0 Å². The summed E-state index contributed by atoms with van der Waals surface area (Å²) in [5.74, 6) is -0.230. The number of carbonyl (C=O) groups excluding carboxylic acids is 1. The van der Waals surface area contributed by atoms with Gasteiger partial charge >= 0.3 is 5.97 Å². The van der Waals surface area contributed by atoms with E-state index in [0.29, 0.717) is 32.1 Å². The van der Waals surface area contributed by atoms with Crippen molar-refractivity contribution in [2.24, 2.45) is 5.92 Å². The van der Waals surface area contributed by atoms with Crippen molar-refractivity contribution in [2.75, 3.05) is 32.8 Å². The third-order valence-corrected chi connectivity index (χ3v) is 4.12. The average molecular weight is 284 g/mol. The van der Waals surface area contributed by atoms with Gasteiger partial charge in [-0.1, -0.05) is 0 Å². The maximum Gasteiger partial charge on any atom is 0.305 e. The summed E-state index contributed by atoms with van der Waals surface area (Å²) >= 11 is 0. The van der Waals surface area contributed by atoms with Crippen molar-refractivity contribution in [3.63, 3.8) is 0 Å². The summed E-state index contributed by atoms with van der Waals surface area (Å²) in [7, 11) is 0. The number of rotatable bonds is 5. The Balaban J connectivity index is 1.80. The van der Waals surface area contributed by atoms with Crippen LogP contribution in [0.4, 0.5) is 0 Å². The lowest BCUT2D eigenvalue weighted by atomic mass is 9.94. The Morgan fingerprint density at radius 1 is 1.40 bits per heavy atom. The second-order valence-electron chi connectivity index (χ2n) is 5.66. The van der Waals surface area contributed by atoms with Crippen molar-refractivity contribution in [1.29, 1.82) is 0 Å². The number of amides is 1. The molecule has 0 saturated carbocycles. The molecule has 2 fully saturated rings. The summed E-state index contributed by atoms with van der Waals surface area (Å²) in [5, 5.41) is 12.2. The first-order chi connectivity index (χ1) is 9.66. The van der Waals surface area contributed by atoms with Crippen molar-refractivity contribution in [3.8, 4) is 0 Å². The number of carboxylic acids is 1. The summed E-state index contributed by atoms with van der Waals surface area (Å²) < 4.78 is 5.29. The molecule has 0 bridgehead atoms. The van der Waals surface area contributed by atoms with E-state index in [4.69, 9.17) is 9.84 Å². The van der Waals surface area contributed by atoms with Crippen LogP contribution in [0.2, 0.25) is 0 Å². The number of piperidine rings is 1. The monoisotopic (exact) mass is 284 g/mol. The molecule has 114 valence electrons. The lowest BCUT2D eigenvalue weighted by molar-refractivity contribution is -0.146. The number of hydrogen-bond donors (Lipinski definition) is 2. The Kier molecular flexibility index (Phi) is 5.79. The van der Waals surface area contributed by atoms with Crippen LogP contribution in [0.3, 0.4) is 0 Å². The van der Waals surface area contributed by atoms with E-state index in [1.54, 1.807) is 4.90 Å². The van der Waals surface area contributed by atoms with E-state index in [1.807, 2.05) is 0 Å². The van der Waals surface area contributed by atoms with Gasteiger partial charge in [0.05, 0.1) is 25.7 Å². The minimum atomic E-state index is -0.880. The first-order valence-electron chi connectivity index (χ1n) is 7.46. The smallest absolute Gasteiger partial charge is 0.305 e. The number of hydrogen-bond acceptors (Lipinski definition) is 4. The quantitative estimate of drug-likeness (QED) is 0.767. The highest BCUT2D eigenvalue weighted by Gasteiger charge is 2.29. The van der Waals surface area contributed by atoms with Crippen LogP contribution in [-0.2, 0) is 14.3 Å². The van der Waals surface area contributed by atoms with Gasteiger partial charge in [-0.25, -0.2) is 0 Å². The molecule has 0 radical (unpaired) electrons. The zero-order valence-electron chi connectivity index (χ0n) is 11.8. The minimum Gasteiger partial charge on any atom is -0.481 e. The molecule has 0 aliphatic carbocycles. The average Bonchev–Trinajstić information content (AvgIpc) is 2.46. The zero-order chi connectivity index (χ0) is 14.4. The molecule has 0 aromatic carbocycles. The number of nitrogens with one attached hydrogen (secondary N) is 1. The van der Waals surface area contributed by atoms with Gasteiger partial charge in [0.25, 0.3) is 0 Å². The van der Waals surface area contributed by atoms with Crippen LogP contribution < -0.4 is 5.32 Å². The lowest BCUT2D eigenvalue weighted by Gasteiger charge is -2.35. The molecule has 2 unspecified atom stereocenters. The largest absolute Gasteiger partial charge is 0.481 e. The highest BCUT2D eigenvalue weighted by atomic mass is 16.5. The maximum absolute atomic E-state index is 12.3. The standard InChI is InChI=1S/C14H24N2O4/c17-13(4-3-11-2-1-5-15-9-11)16-6-7-20-10-12(16)8-14(18)19/h11-12,15H,1-10H2,(H,18,19). The van der Waals surface area contributed by atoms with Gasteiger partial charge in [0.2, 0.25) is 5.91 Å². The van der Waals surface area contributed by atoms with E-state index in [1.165, 1.54) is 12.8 Å². The molecule has 2 rings (SSSR count). The van der Waals surface area contributed by atoms with Crippen LogP contribution in [0.25, 0.3) is 0 Å². The molecule has 1 amide bonds. The molecule has 6 nitrogen and oxygen atoms in total. The molecule has 2 aliphatic rings. The second kappa shape index (κ2) is 7.59. The summed E-state index contributed by atoms with van der Waals surface area (Å²) in [4.78, 5) is 24.8. The SMILES string of the molecule is O=C(O)CC1COCCN1C(=O)CCC1CCCNC1. The fraction of sp³-hybridized carbons (Fsp3) is 0.857. The van der Waals surface area contributed by atoms with Crippen molar-refractivity contribution in [2.45, 2.75) is 38.1 Å². The third-order valence-electron chi connectivity index (χ3n) is 4.12. The number of carboxylic acid groups (broad SMARTS) is 1. The van der Waals surface area contributed by atoms with Gasteiger partial charge in [0.15, 0.2) is 0 Å². The lowest BCUT2D eigenvalue weighted by Crippen LogP contribution is -2.49. The van der Waals surface area contributed by atoms with Crippen LogP contribution in [-0.4, -0.2) is 60.8 Å². The van der Waals surface area contributed by atoms with Crippen LogP contribution in [0.5, 0.6) is 0 Å². The number of ether oxygens (including phenoxy) is 1. The Morgan fingerprint density at radius 2 is 2.25 bits per heavy atom. The Bertz CT molecular complexity index is 342. The van der Waals surface area contributed by atoms with E-state index in [9.17, 15) is 9.59 Å². The fourth-order valence-corrected chi connectivity index (χ4v) is 3.00. The Hall–Kier alpha value is -1.14. The summed E-state index contributed by atoms with van der Waals surface area (Å²) in [6.07, 6.45) is 3.74. The molecule has 0 aromatic heterocycles. The van der Waals surface area contributed by atoms with Gasteiger partial charge in [-0.2, -0.15) is 0 Å². The van der Waals surface area contributed by atoms with Gasteiger partial charge in [-0.3, -0.25) is 9.59 Å². The molecule has 2 heterocycles. The number of morpholine rings is 1. The molecule has 2 N–H and O–H groups in total. The number of aliphatic carboxylic acids is 1. The predicted octanol–water partition coefficient (Wildman–Crippen LogP) is 0.468. The molecular formula is C14H24N2O4.